The third kappa shape index (κ3) is 3.32. The molecular formula is C21H14N4S. The summed E-state index contributed by atoms with van der Waals surface area (Å²) >= 11 is 1.49. The topological polar surface area (TPSA) is 61.1 Å². The van der Waals surface area contributed by atoms with Crippen LogP contribution in [0.5, 0.6) is 0 Å². The second-order valence-electron chi connectivity index (χ2n) is 5.67. The van der Waals surface area contributed by atoms with Crippen LogP contribution in [0.2, 0.25) is 0 Å². The molecule has 0 atom stereocenters. The molecule has 0 aliphatic heterocycles. The lowest BCUT2D eigenvalue weighted by Gasteiger charge is -2.01. The fourth-order valence-electron chi connectivity index (χ4n) is 2.69. The maximum absolute atomic E-state index is 8.87. The highest BCUT2D eigenvalue weighted by molar-refractivity contribution is 7.14. The minimum absolute atomic E-state index is 0.641. The summed E-state index contributed by atoms with van der Waals surface area (Å²) in [5.41, 5.74) is 6.53. The molecule has 124 valence electrons. The zero-order valence-corrected chi connectivity index (χ0v) is 14.6. The van der Waals surface area contributed by atoms with E-state index in [4.69, 9.17) is 5.26 Å². The Morgan fingerprint density at radius 1 is 1.00 bits per heavy atom. The minimum atomic E-state index is 0.641. The molecule has 0 radical (unpaired) electrons. The third-order valence-electron chi connectivity index (χ3n) is 4.00. The van der Waals surface area contributed by atoms with Gasteiger partial charge >= 0.3 is 0 Å². The number of hydrazone groups is 1. The van der Waals surface area contributed by atoms with Crippen molar-refractivity contribution < 1.29 is 0 Å². The van der Waals surface area contributed by atoms with Gasteiger partial charge in [-0.15, -0.1) is 11.3 Å². The van der Waals surface area contributed by atoms with E-state index in [1.54, 1.807) is 12.1 Å². The fourth-order valence-corrected chi connectivity index (χ4v) is 3.36. The lowest BCUT2D eigenvalue weighted by atomic mass is 10.1. The van der Waals surface area contributed by atoms with E-state index < -0.39 is 0 Å². The van der Waals surface area contributed by atoms with Gasteiger partial charge < -0.3 is 0 Å². The molecule has 0 saturated heterocycles. The summed E-state index contributed by atoms with van der Waals surface area (Å²) in [4.78, 5) is 4.54. The molecule has 4 rings (SSSR count). The summed E-state index contributed by atoms with van der Waals surface area (Å²) in [7, 11) is 0. The van der Waals surface area contributed by atoms with Gasteiger partial charge in [-0.3, -0.25) is 5.43 Å². The van der Waals surface area contributed by atoms with Gasteiger partial charge in [-0.05, 0) is 22.9 Å². The van der Waals surface area contributed by atoms with Gasteiger partial charge in [0.1, 0.15) is 0 Å². The summed E-state index contributed by atoms with van der Waals surface area (Å²) in [6.07, 6.45) is 1.81. The van der Waals surface area contributed by atoms with E-state index in [0.29, 0.717) is 5.56 Å². The van der Waals surface area contributed by atoms with Crippen LogP contribution in [-0.4, -0.2) is 11.2 Å². The van der Waals surface area contributed by atoms with E-state index in [1.165, 1.54) is 16.7 Å². The highest BCUT2D eigenvalue weighted by atomic mass is 32.1. The first-order valence-corrected chi connectivity index (χ1v) is 8.94. The fraction of sp³-hybridized carbons (Fsp3) is 0. The molecule has 0 unspecified atom stereocenters. The number of hydrogen-bond acceptors (Lipinski definition) is 5. The average molecular weight is 354 g/mol. The van der Waals surface area contributed by atoms with Crippen LogP contribution in [0.25, 0.3) is 22.0 Å². The molecule has 1 N–H and O–H groups in total. The number of fused-ring (bicyclic) bond motifs is 1. The zero-order chi connectivity index (χ0) is 17.8. The Balaban J connectivity index is 1.50. The molecule has 0 aliphatic rings. The Bertz CT molecular complexity index is 1120. The van der Waals surface area contributed by atoms with Crippen molar-refractivity contribution in [2.75, 3.05) is 5.43 Å². The number of benzene rings is 3. The monoisotopic (exact) mass is 354 g/mol. The van der Waals surface area contributed by atoms with Crippen molar-refractivity contribution in [2.24, 2.45) is 5.10 Å². The number of aromatic nitrogens is 1. The van der Waals surface area contributed by atoms with E-state index in [2.05, 4.69) is 39.8 Å². The SMILES string of the molecule is N#Cc1ccc(-c2csc(N/N=C/c3cccc4ccccc34)n2)cc1. The predicted molar refractivity (Wildman–Crippen MR) is 107 cm³/mol. The molecule has 0 amide bonds. The van der Waals surface area contributed by atoms with Crippen molar-refractivity contribution >= 4 is 33.5 Å². The second kappa shape index (κ2) is 7.18. The van der Waals surface area contributed by atoms with Gasteiger partial charge in [0, 0.05) is 16.5 Å². The number of hydrogen-bond donors (Lipinski definition) is 1. The van der Waals surface area contributed by atoms with Crippen LogP contribution in [0.15, 0.2) is 77.2 Å². The molecule has 4 nitrogen and oxygen atoms in total. The highest BCUT2D eigenvalue weighted by Crippen LogP contribution is 2.25. The Kier molecular flexibility index (Phi) is 4.42. The minimum Gasteiger partial charge on any atom is -0.253 e. The van der Waals surface area contributed by atoms with Crippen LogP contribution >= 0.6 is 11.3 Å². The molecule has 4 aromatic rings. The molecule has 3 aromatic carbocycles. The van der Waals surface area contributed by atoms with Crippen LogP contribution in [0, 0.1) is 11.3 Å². The number of nitrogens with one attached hydrogen (secondary N) is 1. The first kappa shape index (κ1) is 16.0. The summed E-state index contributed by atoms with van der Waals surface area (Å²) in [5, 5.41) is 18.2. The Labute approximate surface area is 155 Å². The number of nitrogens with zero attached hydrogens (tertiary/aromatic N) is 3. The van der Waals surface area contributed by atoms with Crippen molar-refractivity contribution in [3.05, 3.63) is 83.2 Å². The number of thiazole rings is 1. The molecule has 0 fully saturated rings. The average Bonchev–Trinajstić information content (AvgIpc) is 3.17. The summed E-state index contributed by atoms with van der Waals surface area (Å²) < 4.78 is 0. The smallest absolute Gasteiger partial charge is 0.203 e. The van der Waals surface area contributed by atoms with Crippen molar-refractivity contribution in [1.82, 2.24) is 4.98 Å². The van der Waals surface area contributed by atoms with Crippen molar-refractivity contribution in [3.63, 3.8) is 0 Å². The number of rotatable bonds is 4. The van der Waals surface area contributed by atoms with E-state index in [1.807, 2.05) is 48.0 Å². The van der Waals surface area contributed by atoms with E-state index >= 15 is 0 Å². The van der Waals surface area contributed by atoms with Gasteiger partial charge in [0.15, 0.2) is 0 Å². The van der Waals surface area contributed by atoms with Crippen molar-refractivity contribution in [2.45, 2.75) is 0 Å². The molecule has 0 aliphatic carbocycles. The third-order valence-corrected chi connectivity index (χ3v) is 4.75. The highest BCUT2D eigenvalue weighted by Gasteiger charge is 2.04. The van der Waals surface area contributed by atoms with Gasteiger partial charge in [-0.1, -0.05) is 54.6 Å². The lowest BCUT2D eigenvalue weighted by molar-refractivity contribution is 1.29. The van der Waals surface area contributed by atoms with Crippen molar-refractivity contribution in [1.29, 1.82) is 5.26 Å². The van der Waals surface area contributed by atoms with Crippen LogP contribution in [0.4, 0.5) is 5.13 Å². The maximum Gasteiger partial charge on any atom is 0.203 e. The molecule has 0 saturated carbocycles. The quantitative estimate of drug-likeness (QED) is 0.400. The van der Waals surface area contributed by atoms with Crippen LogP contribution in [0.3, 0.4) is 0 Å². The zero-order valence-electron chi connectivity index (χ0n) is 13.8. The van der Waals surface area contributed by atoms with Gasteiger partial charge in [0.05, 0.1) is 23.5 Å². The molecular weight excluding hydrogens is 340 g/mol. The first-order chi connectivity index (χ1) is 12.8. The molecule has 5 heteroatoms. The Hall–Kier alpha value is -3.49. The molecule has 1 aromatic heterocycles. The summed E-state index contributed by atoms with van der Waals surface area (Å²) in [5.74, 6) is 0. The normalized spacial score (nSPS) is 10.9. The second-order valence-corrected chi connectivity index (χ2v) is 6.52. The van der Waals surface area contributed by atoms with Crippen LogP contribution in [0.1, 0.15) is 11.1 Å². The maximum atomic E-state index is 8.87. The lowest BCUT2D eigenvalue weighted by Crippen LogP contribution is -1.91. The van der Waals surface area contributed by atoms with Gasteiger partial charge in [0.2, 0.25) is 5.13 Å². The Morgan fingerprint density at radius 2 is 1.81 bits per heavy atom. The van der Waals surface area contributed by atoms with E-state index in [-0.39, 0.29) is 0 Å². The van der Waals surface area contributed by atoms with Crippen molar-refractivity contribution in [3.8, 4) is 17.3 Å². The van der Waals surface area contributed by atoms with Gasteiger partial charge in [-0.2, -0.15) is 10.4 Å². The standard InChI is InChI=1S/C21H14N4S/c22-12-15-8-10-17(11-9-15)20-14-26-21(24-20)25-23-13-18-6-3-5-16-4-1-2-7-19(16)18/h1-11,13-14H,(H,24,25)/b23-13+. The predicted octanol–water partition coefficient (Wildman–Crippen LogP) is 5.28. The van der Waals surface area contributed by atoms with Crippen LogP contribution < -0.4 is 5.43 Å². The Morgan fingerprint density at radius 3 is 2.65 bits per heavy atom. The summed E-state index contributed by atoms with van der Waals surface area (Å²) in [6.45, 7) is 0. The van der Waals surface area contributed by atoms with Gasteiger partial charge in [-0.25, -0.2) is 4.98 Å². The van der Waals surface area contributed by atoms with Crippen LogP contribution in [-0.2, 0) is 0 Å². The van der Waals surface area contributed by atoms with E-state index in [0.717, 1.165) is 27.3 Å². The summed E-state index contributed by atoms with van der Waals surface area (Å²) in [6, 6.07) is 23.9. The first-order valence-electron chi connectivity index (χ1n) is 8.06. The van der Waals surface area contributed by atoms with Gasteiger partial charge in [0.25, 0.3) is 0 Å². The molecule has 0 spiro atoms. The molecule has 0 bridgehead atoms. The molecule has 1 heterocycles. The molecule has 26 heavy (non-hydrogen) atoms. The van der Waals surface area contributed by atoms with E-state index in [9.17, 15) is 0 Å². The number of anilines is 1. The largest absolute Gasteiger partial charge is 0.253 e. The number of nitriles is 1.